The van der Waals surface area contributed by atoms with E-state index in [0.29, 0.717) is 18.7 Å². The van der Waals surface area contributed by atoms with Crippen LogP contribution in [0.4, 0.5) is 0 Å². The van der Waals surface area contributed by atoms with Crippen LogP contribution in [-0.4, -0.2) is 60.4 Å². The molecular weight excluding hydrogens is 428 g/mol. The van der Waals surface area contributed by atoms with Crippen molar-refractivity contribution in [3.8, 4) is 5.75 Å². The van der Waals surface area contributed by atoms with Gasteiger partial charge in [-0.15, -0.1) is 0 Å². The number of rotatable bonds is 10. The van der Waals surface area contributed by atoms with Gasteiger partial charge in [-0.2, -0.15) is 0 Å². The van der Waals surface area contributed by atoms with Crippen LogP contribution in [0.3, 0.4) is 0 Å². The number of benzene rings is 2. The predicted octanol–water partition coefficient (Wildman–Crippen LogP) is 4.86. The topological polar surface area (TPSA) is 70.1 Å². The molecule has 0 bridgehead atoms. The highest BCUT2D eigenvalue weighted by atomic mass is 16.5. The zero-order valence-corrected chi connectivity index (χ0v) is 20.9. The van der Waals surface area contributed by atoms with Crippen molar-refractivity contribution < 1.29 is 19.4 Å². The van der Waals surface area contributed by atoms with Crippen LogP contribution >= 0.6 is 0 Å². The number of ether oxygens (including phenoxy) is 1. The van der Waals surface area contributed by atoms with E-state index in [0.717, 1.165) is 48.2 Å². The minimum atomic E-state index is -0.645. The van der Waals surface area contributed by atoms with E-state index in [1.807, 2.05) is 69.2 Å². The van der Waals surface area contributed by atoms with Gasteiger partial charge in [0.2, 0.25) is 0 Å². The summed E-state index contributed by atoms with van der Waals surface area (Å²) in [5.41, 5.74) is 3.41. The largest absolute Gasteiger partial charge is 0.507 e. The van der Waals surface area contributed by atoms with Gasteiger partial charge in [-0.1, -0.05) is 43.2 Å². The average Bonchev–Trinajstić information content (AvgIpc) is 3.05. The van der Waals surface area contributed by atoms with Crippen LogP contribution in [0, 0.1) is 13.8 Å². The molecule has 2 aromatic rings. The quantitative estimate of drug-likeness (QED) is 0.235. The minimum Gasteiger partial charge on any atom is -0.507 e. The third-order valence-electron chi connectivity index (χ3n) is 6.14. The molecule has 1 aliphatic heterocycles. The van der Waals surface area contributed by atoms with Crippen molar-refractivity contribution in [2.24, 2.45) is 0 Å². The van der Waals surface area contributed by atoms with E-state index in [-0.39, 0.29) is 11.3 Å². The maximum atomic E-state index is 13.2. The van der Waals surface area contributed by atoms with Crippen LogP contribution in [0.2, 0.25) is 0 Å². The number of amides is 1. The number of unbranched alkanes of at least 4 members (excludes halogenated alkanes) is 1. The molecule has 1 heterocycles. The lowest BCUT2D eigenvalue weighted by Gasteiger charge is -2.26. The van der Waals surface area contributed by atoms with Gasteiger partial charge in [-0.25, -0.2) is 0 Å². The number of carbonyl (C=O) groups is 2. The fourth-order valence-corrected chi connectivity index (χ4v) is 4.20. The standard InChI is InChI=1S/C28H36N2O4/c1-6-7-17-34-23-14-13-22(18-20(23)3)26(31)24-25(21-11-9-19(2)10-12-21)30(28(33)27(24)32)16-8-15-29(4)5/h9-14,18,25,31H,6-8,15-17H2,1-5H3/t25-/m1/s1. The molecule has 1 fully saturated rings. The number of ketones is 1. The Bertz CT molecular complexity index is 1060. The number of aliphatic hydroxyl groups is 1. The first-order chi connectivity index (χ1) is 16.2. The summed E-state index contributed by atoms with van der Waals surface area (Å²) in [6.45, 7) is 7.87. The second-order valence-corrected chi connectivity index (χ2v) is 9.24. The summed E-state index contributed by atoms with van der Waals surface area (Å²) in [5, 5.41) is 11.3. The number of aliphatic hydroxyl groups excluding tert-OH is 1. The third-order valence-corrected chi connectivity index (χ3v) is 6.14. The van der Waals surface area contributed by atoms with Gasteiger partial charge in [0.05, 0.1) is 18.2 Å². The van der Waals surface area contributed by atoms with Crippen molar-refractivity contribution in [1.82, 2.24) is 9.80 Å². The molecule has 1 aliphatic rings. The fraction of sp³-hybridized carbons (Fsp3) is 0.429. The van der Waals surface area contributed by atoms with Crippen LogP contribution in [0.5, 0.6) is 5.75 Å². The molecule has 6 heteroatoms. The van der Waals surface area contributed by atoms with Gasteiger partial charge in [0.25, 0.3) is 11.7 Å². The molecule has 0 aromatic heterocycles. The maximum Gasteiger partial charge on any atom is 0.295 e. The first-order valence-corrected chi connectivity index (χ1v) is 12.0. The predicted molar refractivity (Wildman–Crippen MR) is 135 cm³/mol. The molecule has 182 valence electrons. The number of Topliss-reactive ketones (excluding diaryl/α,β-unsaturated/α-hetero) is 1. The van der Waals surface area contributed by atoms with Crippen molar-refractivity contribution in [2.45, 2.75) is 46.1 Å². The van der Waals surface area contributed by atoms with Crippen LogP contribution in [0.15, 0.2) is 48.0 Å². The molecule has 1 saturated heterocycles. The maximum absolute atomic E-state index is 13.2. The number of nitrogens with zero attached hydrogens (tertiary/aromatic N) is 2. The highest BCUT2D eigenvalue weighted by Crippen LogP contribution is 2.40. The van der Waals surface area contributed by atoms with E-state index >= 15 is 0 Å². The molecule has 0 spiro atoms. The molecule has 34 heavy (non-hydrogen) atoms. The Hall–Kier alpha value is -3.12. The summed E-state index contributed by atoms with van der Waals surface area (Å²) in [5.74, 6) is -0.609. The molecule has 6 nitrogen and oxygen atoms in total. The summed E-state index contributed by atoms with van der Waals surface area (Å²) in [7, 11) is 3.95. The lowest BCUT2D eigenvalue weighted by Crippen LogP contribution is -2.32. The lowest BCUT2D eigenvalue weighted by molar-refractivity contribution is -0.139. The monoisotopic (exact) mass is 464 g/mol. The Morgan fingerprint density at radius 2 is 1.76 bits per heavy atom. The highest BCUT2D eigenvalue weighted by molar-refractivity contribution is 6.46. The van der Waals surface area contributed by atoms with Crippen molar-refractivity contribution >= 4 is 17.4 Å². The minimum absolute atomic E-state index is 0.137. The van der Waals surface area contributed by atoms with E-state index in [4.69, 9.17) is 4.74 Å². The number of carbonyl (C=O) groups excluding carboxylic acids is 2. The number of aryl methyl sites for hydroxylation is 2. The first kappa shape index (κ1) is 25.5. The van der Waals surface area contributed by atoms with Crippen molar-refractivity contribution in [1.29, 1.82) is 0 Å². The smallest absolute Gasteiger partial charge is 0.295 e. The molecule has 2 aromatic carbocycles. The van der Waals surface area contributed by atoms with Crippen molar-refractivity contribution in [3.05, 3.63) is 70.3 Å². The molecule has 0 unspecified atom stereocenters. The van der Waals surface area contributed by atoms with Crippen LogP contribution in [0.1, 0.15) is 54.5 Å². The molecule has 1 N–H and O–H groups in total. The summed E-state index contributed by atoms with van der Waals surface area (Å²) in [6.07, 6.45) is 2.74. The van der Waals surface area contributed by atoms with E-state index in [1.54, 1.807) is 11.0 Å². The number of hydrogen-bond acceptors (Lipinski definition) is 5. The number of likely N-dealkylation sites (tertiary alicyclic amines) is 1. The molecule has 0 aliphatic carbocycles. The average molecular weight is 465 g/mol. The van der Waals surface area contributed by atoms with Gasteiger partial charge in [-0.05, 0) is 76.7 Å². The van der Waals surface area contributed by atoms with Crippen LogP contribution in [-0.2, 0) is 9.59 Å². The van der Waals surface area contributed by atoms with Gasteiger partial charge in [0.1, 0.15) is 11.5 Å². The van der Waals surface area contributed by atoms with Crippen molar-refractivity contribution in [3.63, 3.8) is 0 Å². The van der Waals surface area contributed by atoms with Crippen LogP contribution in [0.25, 0.3) is 5.76 Å². The van der Waals surface area contributed by atoms with Gasteiger partial charge in [0.15, 0.2) is 0 Å². The van der Waals surface area contributed by atoms with Gasteiger partial charge >= 0.3 is 0 Å². The fourth-order valence-electron chi connectivity index (χ4n) is 4.20. The zero-order chi connectivity index (χ0) is 24.8. The summed E-state index contributed by atoms with van der Waals surface area (Å²) >= 11 is 0. The molecule has 0 radical (unpaired) electrons. The van der Waals surface area contributed by atoms with Gasteiger partial charge < -0.3 is 19.6 Å². The van der Waals surface area contributed by atoms with E-state index in [1.165, 1.54) is 0 Å². The second kappa shape index (κ2) is 11.3. The van der Waals surface area contributed by atoms with Gasteiger partial charge in [0, 0.05) is 12.1 Å². The van der Waals surface area contributed by atoms with Crippen LogP contribution < -0.4 is 4.74 Å². The Labute approximate surface area is 202 Å². The normalized spacial score (nSPS) is 17.6. The third kappa shape index (κ3) is 5.68. The molecular formula is C28H36N2O4. The van der Waals surface area contributed by atoms with Gasteiger partial charge in [-0.3, -0.25) is 9.59 Å². The zero-order valence-electron chi connectivity index (χ0n) is 20.9. The molecule has 3 rings (SSSR count). The lowest BCUT2D eigenvalue weighted by atomic mass is 9.94. The molecule has 1 amide bonds. The Kier molecular flexibility index (Phi) is 8.51. The SMILES string of the molecule is CCCCOc1ccc(C(O)=C2C(=O)C(=O)N(CCCN(C)C)[C@@H]2c2ccc(C)cc2)cc1C. The molecule has 1 atom stereocenters. The first-order valence-electron chi connectivity index (χ1n) is 12.0. The van der Waals surface area contributed by atoms with E-state index in [9.17, 15) is 14.7 Å². The van der Waals surface area contributed by atoms with E-state index < -0.39 is 17.7 Å². The Morgan fingerprint density at radius 1 is 1.06 bits per heavy atom. The van der Waals surface area contributed by atoms with Crippen molar-refractivity contribution in [2.75, 3.05) is 33.8 Å². The number of hydrogen-bond donors (Lipinski definition) is 1. The second-order valence-electron chi connectivity index (χ2n) is 9.24. The molecule has 0 saturated carbocycles. The highest BCUT2D eigenvalue weighted by Gasteiger charge is 2.45. The summed E-state index contributed by atoms with van der Waals surface area (Å²) in [6, 6.07) is 12.5. The summed E-state index contributed by atoms with van der Waals surface area (Å²) < 4.78 is 5.83. The Morgan fingerprint density at radius 3 is 2.38 bits per heavy atom. The summed E-state index contributed by atoms with van der Waals surface area (Å²) in [4.78, 5) is 29.8. The Balaban J connectivity index is 2.02. The van der Waals surface area contributed by atoms with E-state index in [2.05, 4.69) is 6.92 Å².